The molecule has 0 spiro atoms. The first-order chi connectivity index (χ1) is 16.8. The predicted molar refractivity (Wildman–Crippen MR) is 142 cm³/mol. The third-order valence-corrected chi connectivity index (χ3v) is 7.67. The first kappa shape index (κ1) is 25.3. The van der Waals surface area contributed by atoms with Gasteiger partial charge in [-0.25, -0.2) is 4.98 Å². The molecular formula is C24H29N5O4S2. The first-order valence-corrected chi connectivity index (χ1v) is 12.9. The van der Waals surface area contributed by atoms with E-state index in [1.54, 1.807) is 17.2 Å². The maximum Gasteiger partial charge on any atom is 0.303 e. The van der Waals surface area contributed by atoms with Gasteiger partial charge in [-0.3, -0.25) is 23.7 Å². The number of carboxylic acid groups (broad SMARTS) is 1. The Kier molecular flexibility index (Phi) is 7.88. The van der Waals surface area contributed by atoms with Crippen molar-refractivity contribution in [3.8, 4) is 0 Å². The number of aromatic nitrogens is 2. The van der Waals surface area contributed by atoms with Gasteiger partial charge in [0.2, 0.25) is 0 Å². The van der Waals surface area contributed by atoms with Gasteiger partial charge in [0, 0.05) is 45.3 Å². The molecule has 4 heterocycles. The number of fused-ring (bicyclic) bond motifs is 1. The minimum absolute atomic E-state index is 0.117. The Labute approximate surface area is 213 Å². The number of unbranched alkanes of at least 4 members (excludes halogenated alkanes) is 2. The summed E-state index contributed by atoms with van der Waals surface area (Å²) < 4.78 is 1.98. The summed E-state index contributed by atoms with van der Waals surface area (Å²) in [5.41, 5.74) is 1.68. The van der Waals surface area contributed by atoms with E-state index >= 15 is 0 Å². The monoisotopic (exact) mass is 515 g/mol. The Bertz CT molecular complexity index is 1250. The van der Waals surface area contributed by atoms with E-state index in [1.165, 1.54) is 16.2 Å². The van der Waals surface area contributed by atoms with E-state index in [9.17, 15) is 14.4 Å². The van der Waals surface area contributed by atoms with E-state index in [0.717, 1.165) is 31.7 Å². The normalized spacial score (nSPS) is 18.3. The second-order valence-corrected chi connectivity index (χ2v) is 10.5. The van der Waals surface area contributed by atoms with Gasteiger partial charge in [-0.05, 0) is 44.5 Å². The molecule has 0 radical (unpaired) electrons. The summed E-state index contributed by atoms with van der Waals surface area (Å²) in [7, 11) is 2.07. The highest BCUT2D eigenvalue weighted by atomic mass is 32.2. The smallest absolute Gasteiger partial charge is 0.303 e. The second-order valence-electron chi connectivity index (χ2n) is 8.87. The fourth-order valence-electron chi connectivity index (χ4n) is 4.23. The molecular weight excluding hydrogens is 486 g/mol. The van der Waals surface area contributed by atoms with Crippen molar-refractivity contribution in [2.75, 3.05) is 44.7 Å². The summed E-state index contributed by atoms with van der Waals surface area (Å²) in [5.74, 6) is -0.451. The number of carbonyl (C=O) groups is 2. The number of carboxylic acids is 1. The van der Waals surface area contributed by atoms with Crippen LogP contribution in [-0.4, -0.2) is 80.3 Å². The Morgan fingerprint density at radius 2 is 1.94 bits per heavy atom. The number of hydrogen-bond donors (Lipinski definition) is 1. The highest BCUT2D eigenvalue weighted by Gasteiger charge is 2.32. The lowest BCUT2D eigenvalue weighted by atomic mass is 10.2. The van der Waals surface area contributed by atoms with Gasteiger partial charge in [0.25, 0.3) is 11.5 Å². The summed E-state index contributed by atoms with van der Waals surface area (Å²) in [4.78, 5) is 48.6. The number of anilines is 1. The zero-order valence-corrected chi connectivity index (χ0v) is 21.5. The van der Waals surface area contributed by atoms with Crippen LogP contribution in [0, 0.1) is 6.92 Å². The summed E-state index contributed by atoms with van der Waals surface area (Å²) >= 11 is 6.64. The van der Waals surface area contributed by atoms with Gasteiger partial charge in [0.15, 0.2) is 0 Å². The molecule has 0 aliphatic carbocycles. The largest absolute Gasteiger partial charge is 0.481 e. The van der Waals surface area contributed by atoms with Crippen molar-refractivity contribution in [2.24, 2.45) is 0 Å². The first-order valence-electron chi connectivity index (χ1n) is 11.7. The zero-order chi connectivity index (χ0) is 25.1. The maximum atomic E-state index is 13.6. The van der Waals surface area contributed by atoms with Gasteiger partial charge in [-0.2, -0.15) is 0 Å². The van der Waals surface area contributed by atoms with Gasteiger partial charge in [0.05, 0.1) is 10.5 Å². The average molecular weight is 516 g/mol. The van der Waals surface area contributed by atoms with E-state index in [4.69, 9.17) is 22.3 Å². The summed E-state index contributed by atoms with van der Waals surface area (Å²) in [6.07, 6.45) is 5.38. The molecule has 35 heavy (non-hydrogen) atoms. The molecule has 0 atom stereocenters. The van der Waals surface area contributed by atoms with Crippen LogP contribution in [0.2, 0.25) is 0 Å². The quantitative estimate of drug-likeness (QED) is 0.323. The highest BCUT2D eigenvalue weighted by molar-refractivity contribution is 8.26. The molecule has 0 aromatic carbocycles. The fourth-order valence-corrected chi connectivity index (χ4v) is 5.52. The van der Waals surface area contributed by atoms with Crippen LogP contribution in [0.3, 0.4) is 0 Å². The molecule has 2 aromatic rings. The minimum atomic E-state index is -0.819. The van der Waals surface area contributed by atoms with Gasteiger partial charge < -0.3 is 14.9 Å². The zero-order valence-electron chi connectivity index (χ0n) is 19.9. The van der Waals surface area contributed by atoms with Gasteiger partial charge >= 0.3 is 5.97 Å². The lowest BCUT2D eigenvalue weighted by Gasteiger charge is -2.34. The molecule has 0 bridgehead atoms. The molecule has 1 N–H and O–H groups in total. The number of nitrogens with zero attached hydrogens (tertiary/aromatic N) is 5. The highest BCUT2D eigenvalue weighted by Crippen LogP contribution is 2.34. The molecule has 1 amide bonds. The van der Waals surface area contributed by atoms with Gasteiger partial charge in [0.1, 0.15) is 15.8 Å². The number of hydrogen-bond acceptors (Lipinski definition) is 8. The third-order valence-electron chi connectivity index (χ3n) is 6.29. The topological polar surface area (TPSA) is 98.5 Å². The number of aryl methyl sites for hydroxylation is 1. The van der Waals surface area contributed by atoms with Crippen LogP contribution in [0.15, 0.2) is 28.0 Å². The van der Waals surface area contributed by atoms with Crippen LogP contribution in [0.4, 0.5) is 5.82 Å². The van der Waals surface area contributed by atoms with Gasteiger partial charge in [-0.1, -0.05) is 36.5 Å². The molecule has 2 aliphatic rings. The molecule has 0 saturated carbocycles. The van der Waals surface area contributed by atoms with E-state index < -0.39 is 5.97 Å². The number of likely N-dealkylation sites (N-methyl/N-ethyl adjacent to an activating group) is 1. The Morgan fingerprint density at radius 3 is 2.66 bits per heavy atom. The lowest BCUT2D eigenvalue weighted by molar-refractivity contribution is -0.137. The Balaban J connectivity index is 1.65. The molecule has 2 fully saturated rings. The van der Waals surface area contributed by atoms with Crippen LogP contribution in [0.1, 0.15) is 36.8 Å². The number of aliphatic carboxylic acids is 1. The molecule has 9 nitrogen and oxygen atoms in total. The van der Waals surface area contributed by atoms with E-state index in [1.807, 2.05) is 19.1 Å². The van der Waals surface area contributed by atoms with E-state index in [-0.39, 0.29) is 17.9 Å². The van der Waals surface area contributed by atoms with Gasteiger partial charge in [-0.15, -0.1) is 0 Å². The molecule has 2 aromatic heterocycles. The fraction of sp³-hybridized carbons (Fsp3) is 0.458. The summed E-state index contributed by atoms with van der Waals surface area (Å²) in [6, 6.07) is 3.74. The minimum Gasteiger partial charge on any atom is -0.481 e. The van der Waals surface area contributed by atoms with Crippen LogP contribution in [0.5, 0.6) is 0 Å². The Hall–Kier alpha value is -2.76. The number of rotatable bonds is 8. The van der Waals surface area contributed by atoms with Crippen molar-refractivity contribution in [3.05, 3.63) is 44.7 Å². The number of piperazine rings is 1. The molecule has 186 valence electrons. The Morgan fingerprint density at radius 1 is 1.20 bits per heavy atom. The number of thiocarbonyl (C=S) groups is 1. The lowest BCUT2D eigenvalue weighted by Crippen LogP contribution is -2.45. The van der Waals surface area contributed by atoms with Crippen molar-refractivity contribution in [3.63, 3.8) is 0 Å². The van der Waals surface area contributed by atoms with Crippen LogP contribution in [-0.2, 0) is 9.59 Å². The standard InChI is InChI=1S/C24H29N5O4S2/c1-16-7-6-10-28-20(16)25-21(27-13-11-26(2)12-14-27)17(22(28)32)15-18-23(33)29(24(34)35-18)9-5-3-4-8-19(30)31/h6-7,10,15H,3-5,8-9,11-14H2,1-2H3,(H,30,31). The maximum absolute atomic E-state index is 13.6. The van der Waals surface area contributed by atoms with Crippen LogP contribution < -0.4 is 10.5 Å². The van der Waals surface area contributed by atoms with E-state index in [0.29, 0.717) is 52.1 Å². The van der Waals surface area contributed by atoms with Crippen molar-refractivity contribution in [1.82, 2.24) is 19.2 Å². The summed E-state index contributed by atoms with van der Waals surface area (Å²) in [5, 5.41) is 8.78. The van der Waals surface area contributed by atoms with Crippen molar-refractivity contribution >= 4 is 57.7 Å². The third kappa shape index (κ3) is 5.57. The molecule has 0 unspecified atom stereocenters. The molecule has 2 aliphatic heterocycles. The number of carbonyl (C=O) groups excluding carboxylic acids is 1. The van der Waals surface area contributed by atoms with Crippen LogP contribution >= 0.6 is 24.0 Å². The van der Waals surface area contributed by atoms with Crippen molar-refractivity contribution in [1.29, 1.82) is 0 Å². The number of pyridine rings is 1. The second kappa shape index (κ2) is 10.9. The van der Waals surface area contributed by atoms with Crippen LogP contribution in [0.25, 0.3) is 11.7 Å². The molecule has 11 heteroatoms. The van der Waals surface area contributed by atoms with Crippen molar-refractivity contribution < 1.29 is 14.7 Å². The predicted octanol–water partition coefficient (Wildman–Crippen LogP) is 2.60. The van der Waals surface area contributed by atoms with Crippen molar-refractivity contribution in [2.45, 2.75) is 32.6 Å². The number of amides is 1. The summed E-state index contributed by atoms with van der Waals surface area (Å²) in [6.45, 7) is 5.56. The average Bonchev–Trinajstić information content (AvgIpc) is 3.08. The SMILES string of the molecule is Cc1cccn2c(=O)c(C=C3SC(=S)N(CCCCCC(=O)O)C3=O)c(N3CCN(C)CC3)nc12. The van der Waals surface area contributed by atoms with E-state index in [2.05, 4.69) is 16.8 Å². The molecule has 2 saturated heterocycles. The number of thioether (sulfide) groups is 1. The molecule has 4 rings (SSSR count).